The van der Waals surface area contributed by atoms with Gasteiger partial charge < -0.3 is 4.90 Å². The molecule has 0 saturated heterocycles. The molecule has 0 N–H and O–H groups in total. The van der Waals surface area contributed by atoms with Crippen LogP contribution in [0.3, 0.4) is 0 Å². The standard InChI is InChI=1S/C24H26BrN3O2/c1-2-12-28(20-9-7-17-5-3-4-6-18(17)14-20)23(29)11-13-27-16-26-22-10-8-19(25)15-21(22)24(27)30/h3-6,8,10,15-16,20H,2,7,9,11-14H2,1H3. The van der Waals surface area contributed by atoms with Gasteiger partial charge in [0.15, 0.2) is 0 Å². The van der Waals surface area contributed by atoms with Crippen LogP contribution in [0.25, 0.3) is 10.9 Å². The van der Waals surface area contributed by atoms with Crippen LogP contribution in [0.5, 0.6) is 0 Å². The predicted molar refractivity (Wildman–Crippen MR) is 123 cm³/mol. The zero-order chi connectivity index (χ0) is 21.1. The van der Waals surface area contributed by atoms with Crippen molar-refractivity contribution in [2.24, 2.45) is 0 Å². The molecule has 1 atom stereocenters. The van der Waals surface area contributed by atoms with Crippen LogP contribution in [-0.4, -0.2) is 32.9 Å². The molecule has 0 spiro atoms. The first kappa shape index (κ1) is 20.8. The zero-order valence-electron chi connectivity index (χ0n) is 17.2. The second kappa shape index (κ2) is 9.13. The molecule has 0 saturated carbocycles. The highest BCUT2D eigenvalue weighted by Crippen LogP contribution is 2.25. The molecule has 5 nitrogen and oxygen atoms in total. The van der Waals surface area contributed by atoms with Gasteiger partial charge in [0.05, 0.1) is 17.2 Å². The van der Waals surface area contributed by atoms with Crippen LogP contribution in [0.4, 0.5) is 0 Å². The van der Waals surface area contributed by atoms with Crippen molar-refractivity contribution in [3.05, 3.63) is 74.7 Å². The van der Waals surface area contributed by atoms with Gasteiger partial charge in [0.2, 0.25) is 5.91 Å². The second-order valence-corrected chi connectivity index (χ2v) is 8.82. The SMILES string of the molecule is CCCN(C(=O)CCn1cnc2ccc(Br)cc2c1=O)C1CCc2ccccc2C1. The van der Waals surface area contributed by atoms with Gasteiger partial charge in [-0.15, -0.1) is 0 Å². The lowest BCUT2D eigenvalue weighted by Gasteiger charge is -2.35. The quantitative estimate of drug-likeness (QED) is 0.541. The number of halogens is 1. The fourth-order valence-electron chi connectivity index (χ4n) is 4.35. The molecule has 0 bridgehead atoms. The summed E-state index contributed by atoms with van der Waals surface area (Å²) in [5, 5.41) is 0.564. The molecule has 1 aromatic heterocycles. The molecule has 0 fully saturated rings. The third-order valence-electron chi connectivity index (χ3n) is 5.90. The minimum Gasteiger partial charge on any atom is -0.339 e. The molecule has 1 aliphatic carbocycles. The van der Waals surface area contributed by atoms with Crippen LogP contribution in [0.15, 0.2) is 58.1 Å². The van der Waals surface area contributed by atoms with Gasteiger partial charge in [-0.3, -0.25) is 14.2 Å². The molecular weight excluding hydrogens is 442 g/mol. The Kier molecular flexibility index (Phi) is 6.32. The first-order chi connectivity index (χ1) is 14.6. The highest BCUT2D eigenvalue weighted by molar-refractivity contribution is 9.10. The molecule has 30 heavy (non-hydrogen) atoms. The molecule has 1 amide bonds. The van der Waals surface area contributed by atoms with Crippen molar-refractivity contribution in [1.29, 1.82) is 0 Å². The molecule has 4 rings (SSSR count). The number of rotatable bonds is 6. The van der Waals surface area contributed by atoms with E-state index < -0.39 is 0 Å². The Bertz CT molecular complexity index is 1120. The number of amides is 1. The second-order valence-electron chi connectivity index (χ2n) is 7.91. The lowest BCUT2D eigenvalue weighted by atomic mass is 9.87. The number of aromatic nitrogens is 2. The van der Waals surface area contributed by atoms with Crippen molar-refractivity contribution in [3.8, 4) is 0 Å². The Morgan fingerprint density at radius 2 is 2.03 bits per heavy atom. The topological polar surface area (TPSA) is 55.2 Å². The molecule has 1 heterocycles. The maximum Gasteiger partial charge on any atom is 0.261 e. The molecule has 0 radical (unpaired) electrons. The number of fused-ring (bicyclic) bond motifs is 2. The van der Waals surface area contributed by atoms with Crippen LogP contribution in [-0.2, 0) is 24.2 Å². The summed E-state index contributed by atoms with van der Waals surface area (Å²) in [6, 6.07) is 14.2. The molecule has 2 aromatic carbocycles. The molecule has 1 unspecified atom stereocenters. The Balaban J connectivity index is 1.48. The third-order valence-corrected chi connectivity index (χ3v) is 6.39. The van der Waals surface area contributed by atoms with Gasteiger partial charge in [0.25, 0.3) is 5.56 Å². The van der Waals surface area contributed by atoms with E-state index in [1.807, 2.05) is 17.0 Å². The number of hydrogen-bond acceptors (Lipinski definition) is 3. The fraction of sp³-hybridized carbons (Fsp3) is 0.375. The van der Waals surface area contributed by atoms with E-state index in [-0.39, 0.29) is 17.5 Å². The normalized spacial score (nSPS) is 15.7. The van der Waals surface area contributed by atoms with E-state index in [4.69, 9.17) is 0 Å². The van der Waals surface area contributed by atoms with Gasteiger partial charge in [-0.05, 0) is 55.0 Å². The van der Waals surface area contributed by atoms with Gasteiger partial charge in [-0.2, -0.15) is 0 Å². The Labute approximate surface area is 184 Å². The van der Waals surface area contributed by atoms with Crippen LogP contribution in [0.1, 0.15) is 37.3 Å². The van der Waals surface area contributed by atoms with E-state index in [0.717, 1.165) is 36.7 Å². The number of aryl methyl sites for hydroxylation is 2. The Morgan fingerprint density at radius 1 is 1.23 bits per heavy atom. The van der Waals surface area contributed by atoms with Crippen molar-refractivity contribution in [3.63, 3.8) is 0 Å². The summed E-state index contributed by atoms with van der Waals surface area (Å²) in [6.45, 7) is 3.20. The summed E-state index contributed by atoms with van der Waals surface area (Å²) in [7, 11) is 0. The van der Waals surface area contributed by atoms with E-state index in [2.05, 4.69) is 52.1 Å². The van der Waals surface area contributed by atoms with Gasteiger partial charge in [0, 0.05) is 30.0 Å². The van der Waals surface area contributed by atoms with E-state index in [1.54, 1.807) is 17.0 Å². The lowest BCUT2D eigenvalue weighted by molar-refractivity contribution is -0.134. The van der Waals surface area contributed by atoms with Crippen molar-refractivity contribution < 1.29 is 4.79 Å². The molecular formula is C24H26BrN3O2. The molecule has 3 aromatic rings. The van der Waals surface area contributed by atoms with E-state index in [1.165, 1.54) is 11.1 Å². The monoisotopic (exact) mass is 467 g/mol. The zero-order valence-corrected chi connectivity index (χ0v) is 18.8. The van der Waals surface area contributed by atoms with Gasteiger partial charge >= 0.3 is 0 Å². The average molecular weight is 468 g/mol. The highest BCUT2D eigenvalue weighted by atomic mass is 79.9. The summed E-state index contributed by atoms with van der Waals surface area (Å²) in [4.78, 5) is 32.3. The number of nitrogens with zero attached hydrogens (tertiary/aromatic N) is 3. The lowest BCUT2D eigenvalue weighted by Crippen LogP contribution is -2.44. The third kappa shape index (κ3) is 4.33. The summed E-state index contributed by atoms with van der Waals surface area (Å²) in [5.74, 6) is 0.113. The summed E-state index contributed by atoms with van der Waals surface area (Å²) >= 11 is 3.41. The predicted octanol–water partition coefficient (Wildman–Crippen LogP) is 4.35. The number of hydrogen-bond donors (Lipinski definition) is 0. The molecule has 156 valence electrons. The summed E-state index contributed by atoms with van der Waals surface area (Å²) < 4.78 is 2.39. The molecule has 6 heteroatoms. The molecule has 1 aliphatic rings. The first-order valence-electron chi connectivity index (χ1n) is 10.6. The summed E-state index contributed by atoms with van der Waals surface area (Å²) in [6.07, 6.45) is 5.69. The Hall–Kier alpha value is -2.47. The van der Waals surface area contributed by atoms with Crippen LogP contribution >= 0.6 is 15.9 Å². The maximum absolute atomic E-state index is 13.1. The van der Waals surface area contributed by atoms with E-state index in [9.17, 15) is 9.59 Å². The number of benzene rings is 2. The highest BCUT2D eigenvalue weighted by Gasteiger charge is 2.27. The van der Waals surface area contributed by atoms with E-state index in [0.29, 0.717) is 23.9 Å². The minimum atomic E-state index is -0.109. The average Bonchev–Trinajstić information content (AvgIpc) is 2.77. The van der Waals surface area contributed by atoms with Gasteiger partial charge in [-0.25, -0.2) is 4.98 Å². The summed E-state index contributed by atoms with van der Waals surface area (Å²) in [5.41, 5.74) is 3.31. The number of carbonyl (C=O) groups excluding carboxylic acids is 1. The van der Waals surface area contributed by atoms with Crippen molar-refractivity contribution >= 4 is 32.7 Å². The van der Waals surface area contributed by atoms with Crippen molar-refractivity contribution in [2.45, 2.75) is 51.6 Å². The van der Waals surface area contributed by atoms with Gasteiger partial charge in [0.1, 0.15) is 0 Å². The first-order valence-corrected chi connectivity index (χ1v) is 11.4. The molecule has 0 aliphatic heterocycles. The van der Waals surface area contributed by atoms with Crippen molar-refractivity contribution in [1.82, 2.24) is 14.5 Å². The van der Waals surface area contributed by atoms with Crippen LogP contribution < -0.4 is 5.56 Å². The Morgan fingerprint density at radius 3 is 2.83 bits per heavy atom. The minimum absolute atomic E-state index is 0.109. The van der Waals surface area contributed by atoms with Gasteiger partial charge in [-0.1, -0.05) is 47.1 Å². The van der Waals surface area contributed by atoms with Crippen LogP contribution in [0.2, 0.25) is 0 Å². The largest absolute Gasteiger partial charge is 0.339 e. The number of carbonyl (C=O) groups is 1. The fourth-order valence-corrected chi connectivity index (χ4v) is 4.71. The smallest absolute Gasteiger partial charge is 0.261 e. The van der Waals surface area contributed by atoms with Crippen LogP contribution in [0, 0.1) is 0 Å². The van der Waals surface area contributed by atoms with Crippen molar-refractivity contribution in [2.75, 3.05) is 6.54 Å². The maximum atomic E-state index is 13.1. The van der Waals surface area contributed by atoms with E-state index >= 15 is 0 Å².